The van der Waals surface area contributed by atoms with E-state index in [2.05, 4.69) is 42.5 Å². The molecule has 3 N–H and O–H groups in total. The van der Waals surface area contributed by atoms with Gasteiger partial charge in [-0.15, -0.1) is 11.8 Å². The molecular formula is C26H21Br2N3O7S. The molecule has 5 rings (SSSR count). The molecular weight excluding hydrogens is 658 g/mol. The number of hydrogen-bond acceptors (Lipinski definition) is 7. The molecule has 2 saturated heterocycles. The highest BCUT2D eigenvalue weighted by Gasteiger charge is 2.64. The predicted octanol–water partition coefficient (Wildman–Crippen LogP) is 3.74. The van der Waals surface area contributed by atoms with Gasteiger partial charge >= 0.3 is 11.6 Å². The summed E-state index contributed by atoms with van der Waals surface area (Å²) in [6.07, 6.45) is -0.157. The number of carbonyl (C=O) groups excluding carboxylic acids is 3. The third kappa shape index (κ3) is 4.98. The van der Waals surface area contributed by atoms with Crippen molar-refractivity contribution in [2.75, 3.05) is 5.32 Å². The summed E-state index contributed by atoms with van der Waals surface area (Å²) in [6.45, 7) is 3.52. The van der Waals surface area contributed by atoms with E-state index < -0.39 is 51.5 Å². The standard InChI is InChI=1S/C26H21Br2N3O7S/c1-26(2)20(24(35)36)31-22(34)18(23(31)39-26)30-17(32)9-11-5-3-4-6-16(11)29-21(33)14-8-12-7-13(27)10-15(28)19(12)38-25(14)37/h3-8,10,18,20,23H,9H2,1-2H3,(H,29,33)(H,30,32)(H,35,36)/t18?,20-,23+/m0/s1. The molecule has 202 valence electrons. The van der Waals surface area contributed by atoms with Crippen molar-refractivity contribution in [3.63, 3.8) is 0 Å². The number of carbonyl (C=O) groups is 4. The number of rotatable bonds is 6. The molecule has 0 radical (unpaired) electrons. The Labute approximate surface area is 242 Å². The van der Waals surface area contributed by atoms with Gasteiger partial charge < -0.3 is 25.1 Å². The van der Waals surface area contributed by atoms with Crippen molar-refractivity contribution in [3.8, 4) is 0 Å². The number of para-hydroxylation sites is 1. The number of carboxylic acid groups (broad SMARTS) is 1. The normalized spacial score (nSPS) is 21.3. The van der Waals surface area contributed by atoms with E-state index in [0.29, 0.717) is 26.7 Å². The number of hydrogen-bond donors (Lipinski definition) is 3. The zero-order valence-corrected chi connectivity index (χ0v) is 24.5. The molecule has 3 amide bonds. The first kappa shape index (κ1) is 27.4. The Morgan fingerprint density at radius 3 is 2.56 bits per heavy atom. The van der Waals surface area contributed by atoms with Gasteiger partial charge in [-0.3, -0.25) is 14.4 Å². The Balaban J connectivity index is 1.30. The number of β-lactam (4-membered cyclic amide) rings is 1. The first-order valence-corrected chi connectivity index (χ1v) is 14.2. The number of benzene rings is 2. The molecule has 0 bridgehead atoms. The van der Waals surface area contributed by atoms with Crippen LogP contribution in [0, 0.1) is 0 Å². The van der Waals surface area contributed by atoms with Crippen molar-refractivity contribution in [2.24, 2.45) is 0 Å². The zero-order chi connectivity index (χ0) is 28.2. The molecule has 2 fully saturated rings. The lowest BCUT2D eigenvalue weighted by molar-refractivity contribution is -0.161. The lowest BCUT2D eigenvalue weighted by Gasteiger charge is -2.43. The average molecular weight is 679 g/mol. The first-order valence-electron chi connectivity index (χ1n) is 11.7. The van der Waals surface area contributed by atoms with Gasteiger partial charge in [-0.2, -0.15) is 0 Å². The van der Waals surface area contributed by atoms with E-state index in [4.69, 9.17) is 4.42 Å². The van der Waals surface area contributed by atoms with E-state index in [1.807, 2.05) is 0 Å². The first-order chi connectivity index (χ1) is 18.4. The lowest BCUT2D eigenvalue weighted by Crippen LogP contribution is -2.70. The van der Waals surface area contributed by atoms with Gasteiger partial charge in [0.15, 0.2) is 5.58 Å². The molecule has 39 heavy (non-hydrogen) atoms. The number of anilines is 1. The van der Waals surface area contributed by atoms with Crippen LogP contribution in [0.4, 0.5) is 5.69 Å². The summed E-state index contributed by atoms with van der Waals surface area (Å²) in [5.41, 5.74) is 0.0602. The van der Waals surface area contributed by atoms with Crippen LogP contribution < -0.4 is 16.3 Å². The van der Waals surface area contributed by atoms with Gasteiger partial charge in [-0.1, -0.05) is 34.1 Å². The van der Waals surface area contributed by atoms with Crippen LogP contribution in [0.3, 0.4) is 0 Å². The largest absolute Gasteiger partial charge is 0.480 e. The van der Waals surface area contributed by atoms with E-state index in [9.17, 15) is 29.1 Å². The monoisotopic (exact) mass is 677 g/mol. The maximum absolute atomic E-state index is 13.0. The Bertz CT molecular complexity index is 1620. The zero-order valence-electron chi connectivity index (χ0n) is 20.5. The highest BCUT2D eigenvalue weighted by Crippen LogP contribution is 2.50. The van der Waals surface area contributed by atoms with Crippen molar-refractivity contribution in [3.05, 3.63) is 73.0 Å². The van der Waals surface area contributed by atoms with Gasteiger partial charge in [0.05, 0.1) is 10.9 Å². The topological polar surface area (TPSA) is 146 Å². The van der Waals surface area contributed by atoms with Gasteiger partial charge in [0.2, 0.25) is 11.8 Å². The molecule has 3 heterocycles. The second-order valence-corrected chi connectivity index (χ2v) is 13.2. The summed E-state index contributed by atoms with van der Waals surface area (Å²) < 4.78 is 5.93. The molecule has 3 atom stereocenters. The van der Waals surface area contributed by atoms with Gasteiger partial charge in [0.25, 0.3) is 5.91 Å². The van der Waals surface area contributed by atoms with Crippen molar-refractivity contribution < 1.29 is 28.7 Å². The van der Waals surface area contributed by atoms with Gasteiger partial charge in [0.1, 0.15) is 23.0 Å². The highest BCUT2D eigenvalue weighted by atomic mass is 79.9. The van der Waals surface area contributed by atoms with Gasteiger partial charge in [-0.05, 0) is 59.6 Å². The fraction of sp³-hybridized carbons (Fsp3) is 0.269. The van der Waals surface area contributed by atoms with Crippen LogP contribution in [-0.4, -0.2) is 55.9 Å². The maximum atomic E-state index is 13.0. The van der Waals surface area contributed by atoms with Crippen LogP contribution >= 0.6 is 43.6 Å². The lowest BCUT2D eigenvalue weighted by atomic mass is 9.96. The van der Waals surface area contributed by atoms with Crippen LogP contribution in [0.1, 0.15) is 29.8 Å². The Morgan fingerprint density at radius 1 is 1.13 bits per heavy atom. The Hall–Kier alpha value is -3.16. The van der Waals surface area contributed by atoms with Crippen LogP contribution in [0.5, 0.6) is 0 Å². The van der Waals surface area contributed by atoms with E-state index in [0.717, 1.165) is 4.47 Å². The van der Waals surface area contributed by atoms with Crippen molar-refractivity contribution in [1.29, 1.82) is 0 Å². The van der Waals surface area contributed by atoms with Crippen LogP contribution in [-0.2, 0) is 20.8 Å². The molecule has 3 aromatic rings. The summed E-state index contributed by atoms with van der Waals surface area (Å²) in [7, 11) is 0. The number of amides is 3. The van der Waals surface area contributed by atoms with Crippen molar-refractivity contribution >= 4 is 84.0 Å². The summed E-state index contributed by atoms with van der Waals surface area (Å²) in [4.78, 5) is 64.2. The number of carboxylic acids is 1. The van der Waals surface area contributed by atoms with Gasteiger partial charge in [-0.25, -0.2) is 9.59 Å². The number of nitrogens with one attached hydrogen (secondary N) is 2. The molecule has 2 aromatic carbocycles. The molecule has 10 nitrogen and oxygen atoms in total. The minimum atomic E-state index is -1.08. The smallest absolute Gasteiger partial charge is 0.349 e. The maximum Gasteiger partial charge on any atom is 0.349 e. The minimum Gasteiger partial charge on any atom is -0.480 e. The second-order valence-electron chi connectivity index (χ2n) is 9.68. The molecule has 1 unspecified atom stereocenters. The second kappa shape index (κ2) is 10.1. The Morgan fingerprint density at radius 2 is 1.85 bits per heavy atom. The number of halogens is 2. The number of nitrogens with zero attached hydrogens (tertiary/aromatic N) is 1. The quantitative estimate of drug-likeness (QED) is 0.264. The number of fused-ring (bicyclic) bond motifs is 2. The van der Waals surface area contributed by atoms with E-state index in [1.165, 1.54) is 22.7 Å². The average Bonchev–Trinajstić information content (AvgIpc) is 3.11. The van der Waals surface area contributed by atoms with E-state index in [-0.39, 0.29) is 12.0 Å². The predicted molar refractivity (Wildman–Crippen MR) is 152 cm³/mol. The summed E-state index contributed by atoms with van der Waals surface area (Å²) in [5, 5.41) is 15.0. The highest BCUT2D eigenvalue weighted by molar-refractivity contribution is 9.11. The third-order valence-corrected chi connectivity index (χ3v) is 9.22. The SMILES string of the molecule is CC1(C)S[C@@H]2C(NC(=O)Cc3ccccc3NC(=O)c3cc4cc(Br)cc(Br)c4oc3=O)C(=O)N2[C@H]1C(=O)O. The molecule has 0 saturated carbocycles. The molecule has 1 aromatic heterocycles. The molecule has 2 aliphatic rings. The van der Waals surface area contributed by atoms with Gasteiger partial charge in [0, 0.05) is 20.3 Å². The minimum absolute atomic E-state index is 0.157. The number of aliphatic carboxylic acids is 1. The van der Waals surface area contributed by atoms with E-state index >= 15 is 0 Å². The molecule has 0 aliphatic carbocycles. The molecule has 13 heteroatoms. The fourth-order valence-corrected chi connectivity index (χ4v) is 7.81. The fourth-order valence-electron chi connectivity index (χ4n) is 4.84. The molecule has 2 aliphatic heterocycles. The third-order valence-electron chi connectivity index (χ3n) is 6.60. The Kier molecular flexibility index (Phi) is 7.10. The van der Waals surface area contributed by atoms with Crippen LogP contribution in [0.25, 0.3) is 11.0 Å². The molecule has 0 spiro atoms. The van der Waals surface area contributed by atoms with Crippen LogP contribution in [0.15, 0.2) is 60.6 Å². The van der Waals surface area contributed by atoms with Crippen molar-refractivity contribution in [1.82, 2.24) is 10.2 Å². The van der Waals surface area contributed by atoms with Crippen LogP contribution in [0.2, 0.25) is 0 Å². The van der Waals surface area contributed by atoms with E-state index in [1.54, 1.807) is 50.2 Å². The summed E-state index contributed by atoms with van der Waals surface area (Å²) >= 11 is 8.04. The number of thioether (sulfide) groups is 1. The summed E-state index contributed by atoms with van der Waals surface area (Å²) in [6, 6.07) is 9.66. The summed E-state index contributed by atoms with van der Waals surface area (Å²) in [5.74, 6) is -2.70. The van der Waals surface area contributed by atoms with Crippen molar-refractivity contribution in [2.45, 2.75) is 42.5 Å².